The van der Waals surface area contributed by atoms with Crippen LogP contribution in [0.2, 0.25) is 0 Å². The molecule has 1 N–H and O–H groups in total. The number of rotatable bonds is 6. The number of hydrogen-bond donors (Lipinski definition) is 1. The number of thioether (sulfide) groups is 1. The van der Waals surface area contributed by atoms with Crippen molar-refractivity contribution in [2.75, 3.05) is 18.6 Å². The zero-order chi connectivity index (χ0) is 13.7. The van der Waals surface area contributed by atoms with Crippen LogP contribution >= 0.6 is 11.8 Å². The van der Waals surface area contributed by atoms with Gasteiger partial charge in [-0.05, 0) is 37.8 Å². The Bertz CT molecular complexity index is 329. The Morgan fingerprint density at radius 2 is 2.00 bits per heavy atom. The van der Waals surface area contributed by atoms with Crippen molar-refractivity contribution in [1.82, 2.24) is 10.2 Å². The largest absolute Gasteiger partial charge is 0.305 e. The molecule has 2 rings (SSSR count). The standard InChI is InChI=1S/C14H24N2O2S/c1-19-9-5-8-15-12-10-13(17)16(14(12)18)11-6-3-2-4-7-11/h11-12,15H,2-10H2,1H3. The fraction of sp³-hybridized carbons (Fsp3) is 0.857. The number of nitrogens with one attached hydrogen (secondary N) is 1. The molecule has 0 spiro atoms. The smallest absolute Gasteiger partial charge is 0.247 e. The van der Waals surface area contributed by atoms with Crippen LogP contribution in [-0.2, 0) is 9.59 Å². The van der Waals surface area contributed by atoms with Crippen molar-refractivity contribution in [1.29, 1.82) is 0 Å². The summed E-state index contributed by atoms with van der Waals surface area (Å²) in [5.74, 6) is 1.13. The molecule has 1 saturated heterocycles. The Morgan fingerprint density at radius 3 is 2.68 bits per heavy atom. The predicted octanol–water partition coefficient (Wildman–Crippen LogP) is 1.79. The summed E-state index contributed by atoms with van der Waals surface area (Å²) in [6.45, 7) is 0.822. The average molecular weight is 284 g/mol. The molecule has 4 nitrogen and oxygen atoms in total. The molecule has 1 atom stereocenters. The third-order valence-electron chi connectivity index (χ3n) is 4.04. The van der Waals surface area contributed by atoms with Crippen LogP contribution in [0.1, 0.15) is 44.9 Å². The molecule has 2 fully saturated rings. The van der Waals surface area contributed by atoms with E-state index in [1.165, 1.54) is 6.42 Å². The normalized spacial score (nSPS) is 25.3. The van der Waals surface area contributed by atoms with Crippen LogP contribution in [0.4, 0.5) is 0 Å². The van der Waals surface area contributed by atoms with Gasteiger partial charge in [0.25, 0.3) is 0 Å². The summed E-state index contributed by atoms with van der Waals surface area (Å²) >= 11 is 1.81. The van der Waals surface area contributed by atoms with Crippen molar-refractivity contribution in [2.45, 2.75) is 57.0 Å². The molecule has 19 heavy (non-hydrogen) atoms. The Labute approximate surface area is 119 Å². The van der Waals surface area contributed by atoms with E-state index in [4.69, 9.17) is 0 Å². The van der Waals surface area contributed by atoms with Gasteiger partial charge in [-0.1, -0.05) is 19.3 Å². The highest BCUT2D eigenvalue weighted by molar-refractivity contribution is 7.98. The lowest BCUT2D eigenvalue weighted by molar-refractivity contribution is -0.142. The van der Waals surface area contributed by atoms with Gasteiger partial charge < -0.3 is 5.32 Å². The average Bonchev–Trinajstić information content (AvgIpc) is 2.71. The number of hydrogen-bond acceptors (Lipinski definition) is 4. The van der Waals surface area contributed by atoms with Crippen LogP contribution in [-0.4, -0.2) is 47.4 Å². The molecule has 1 aliphatic carbocycles. The summed E-state index contributed by atoms with van der Waals surface area (Å²) < 4.78 is 0. The van der Waals surface area contributed by atoms with Gasteiger partial charge in [-0.2, -0.15) is 11.8 Å². The van der Waals surface area contributed by atoms with E-state index in [2.05, 4.69) is 11.6 Å². The first-order chi connectivity index (χ1) is 9.24. The van der Waals surface area contributed by atoms with Crippen LogP contribution in [0.5, 0.6) is 0 Å². The minimum Gasteiger partial charge on any atom is -0.305 e. The number of carbonyl (C=O) groups is 2. The van der Waals surface area contributed by atoms with Gasteiger partial charge in [0.05, 0.1) is 12.5 Å². The van der Waals surface area contributed by atoms with Crippen molar-refractivity contribution >= 4 is 23.6 Å². The molecule has 0 radical (unpaired) electrons. The Kier molecular flexibility index (Phi) is 5.70. The topological polar surface area (TPSA) is 49.4 Å². The van der Waals surface area contributed by atoms with E-state index < -0.39 is 0 Å². The summed E-state index contributed by atoms with van der Waals surface area (Å²) in [5, 5.41) is 3.24. The maximum Gasteiger partial charge on any atom is 0.247 e. The summed E-state index contributed by atoms with van der Waals surface area (Å²) in [6.07, 6.45) is 9.00. The van der Waals surface area contributed by atoms with Gasteiger partial charge in [-0.25, -0.2) is 0 Å². The fourth-order valence-corrected chi connectivity index (χ4v) is 3.46. The number of carbonyl (C=O) groups excluding carboxylic acids is 2. The first-order valence-corrected chi connectivity index (χ1v) is 8.71. The molecule has 0 aromatic rings. The number of nitrogens with zero attached hydrogens (tertiary/aromatic N) is 1. The van der Waals surface area contributed by atoms with Gasteiger partial charge >= 0.3 is 0 Å². The van der Waals surface area contributed by atoms with E-state index in [9.17, 15) is 9.59 Å². The second-order valence-corrected chi connectivity index (χ2v) is 6.44. The summed E-state index contributed by atoms with van der Waals surface area (Å²) in [5.41, 5.74) is 0. The molecule has 1 saturated carbocycles. The van der Waals surface area contributed by atoms with Crippen molar-refractivity contribution in [3.05, 3.63) is 0 Å². The first-order valence-electron chi connectivity index (χ1n) is 7.32. The van der Waals surface area contributed by atoms with Gasteiger partial charge in [-0.3, -0.25) is 14.5 Å². The van der Waals surface area contributed by atoms with E-state index in [1.54, 1.807) is 16.7 Å². The molecule has 0 aromatic heterocycles. The third-order valence-corrected chi connectivity index (χ3v) is 4.74. The summed E-state index contributed by atoms with van der Waals surface area (Å²) in [7, 11) is 0. The minimum atomic E-state index is -0.267. The Hall–Kier alpha value is -0.550. The molecule has 1 heterocycles. The molecule has 0 bridgehead atoms. The summed E-state index contributed by atoms with van der Waals surface area (Å²) in [6, 6.07) is -0.0944. The van der Waals surface area contributed by atoms with Crippen LogP contribution in [0.25, 0.3) is 0 Å². The van der Waals surface area contributed by atoms with Crippen molar-refractivity contribution in [2.24, 2.45) is 0 Å². The molecule has 108 valence electrons. The van der Waals surface area contributed by atoms with Gasteiger partial charge in [-0.15, -0.1) is 0 Å². The Morgan fingerprint density at radius 1 is 1.26 bits per heavy atom. The lowest BCUT2D eigenvalue weighted by Gasteiger charge is -2.29. The monoisotopic (exact) mass is 284 g/mol. The lowest BCUT2D eigenvalue weighted by atomic mass is 9.94. The molecule has 5 heteroatoms. The highest BCUT2D eigenvalue weighted by Crippen LogP contribution is 2.27. The van der Waals surface area contributed by atoms with Gasteiger partial charge in [0.15, 0.2) is 0 Å². The highest BCUT2D eigenvalue weighted by atomic mass is 32.2. The molecule has 2 aliphatic rings. The van der Waals surface area contributed by atoms with Crippen molar-refractivity contribution in [3.63, 3.8) is 0 Å². The fourth-order valence-electron chi connectivity index (χ4n) is 3.03. The zero-order valence-corrected chi connectivity index (χ0v) is 12.5. The molecule has 1 unspecified atom stereocenters. The van der Waals surface area contributed by atoms with E-state index in [0.29, 0.717) is 6.42 Å². The molecular weight excluding hydrogens is 260 g/mol. The Balaban J connectivity index is 1.85. The number of imide groups is 1. The van der Waals surface area contributed by atoms with Crippen molar-refractivity contribution < 1.29 is 9.59 Å². The molecular formula is C14H24N2O2S. The van der Waals surface area contributed by atoms with E-state index in [1.807, 2.05) is 0 Å². The van der Waals surface area contributed by atoms with Gasteiger partial charge in [0.2, 0.25) is 11.8 Å². The maximum absolute atomic E-state index is 12.3. The summed E-state index contributed by atoms with van der Waals surface area (Å²) in [4.78, 5) is 25.9. The van der Waals surface area contributed by atoms with Crippen LogP contribution < -0.4 is 5.32 Å². The van der Waals surface area contributed by atoms with Gasteiger partial charge in [0.1, 0.15) is 0 Å². The van der Waals surface area contributed by atoms with E-state index >= 15 is 0 Å². The number of amides is 2. The first kappa shape index (κ1) is 14.9. The second kappa shape index (κ2) is 7.29. The molecule has 1 aliphatic heterocycles. The predicted molar refractivity (Wildman–Crippen MR) is 78.1 cm³/mol. The van der Waals surface area contributed by atoms with Crippen LogP contribution in [0, 0.1) is 0 Å². The van der Waals surface area contributed by atoms with E-state index in [-0.39, 0.29) is 23.9 Å². The SMILES string of the molecule is CSCCCNC1CC(=O)N(C2CCCCC2)C1=O. The van der Waals surface area contributed by atoms with E-state index in [0.717, 1.165) is 44.4 Å². The highest BCUT2D eigenvalue weighted by Gasteiger charge is 2.41. The zero-order valence-electron chi connectivity index (χ0n) is 11.7. The number of likely N-dealkylation sites (tertiary alicyclic amines) is 1. The van der Waals surface area contributed by atoms with Crippen LogP contribution in [0.15, 0.2) is 0 Å². The lowest BCUT2D eigenvalue weighted by Crippen LogP contribution is -2.44. The third kappa shape index (κ3) is 3.72. The molecule has 2 amide bonds. The second-order valence-electron chi connectivity index (χ2n) is 5.45. The quantitative estimate of drug-likeness (QED) is 0.597. The maximum atomic E-state index is 12.3. The molecule has 0 aromatic carbocycles. The minimum absolute atomic E-state index is 0.0149. The van der Waals surface area contributed by atoms with Crippen molar-refractivity contribution in [3.8, 4) is 0 Å². The van der Waals surface area contributed by atoms with Crippen LogP contribution in [0.3, 0.4) is 0 Å². The van der Waals surface area contributed by atoms with Gasteiger partial charge in [0, 0.05) is 6.04 Å².